The van der Waals surface area contributed by atoms with Crippen LogP contribution in [0.25, 0.3) is 0 Å². The minimum atomic E-state index is 0.536. The number of unbranched alkanes of at least 4 members (excludes halogenated alkanes) is 8. The Hall–Kier alpha value is -2.00. The summed E-state index contributed by atoms with van der Waals surface area (Å²) in [7, 11) is 0. The molecule has 0 saturated carbocycles. The molecule has 27 heavy (non-hydrogen) atoms. The van der Waals surface area contributed by atoms with Crippen LogP contribution < -0.4 is 0 Å². The van der Waals surface area contributed by atoms with Gasteiger partial charge in [-0.2, -0.15) is 0 Å². The van der Waals surface area contributed by atoms with Crippen LogP contribution >= 0.6 is 0 Å². The van der Waals surface area contributed by atoms with Gasteiger partial charge < -0.3 is 0 Å². The Morgan fingerprint density at radius 1 is 0.593 bits per heavy atom. The van der Waals surface area contributed by atoms with Crippen LogP contribution in [0.4, 0.5) is 0 Å². The highest BCUT2D eigenvalue weighted by Crippen LogP contribution is 2.30. The van der Waals surface area contributed by atoms with Crippen LogP contribution in [0, 0.1) is 11.8 Å². The molecule has 0 spiro atoms. The fourth-order valence-electron chi connectivity index (χ4n) is 3.64. The molecule has 0 amide bonds. The van der Waals surface area contributed by atoms with Crippen LogP contribution in [0.2, 0.25) is 0 Å². The molecule has 0 saturated heterocycles. The molecule has 2 aromatic rings. The Morgan fingerprint density at radius 2 is 1.07 bits per heavy atom. The molecule has 0 nitrogen and oxygen atoms in total. The largest absolute Gasteiger partial charge is 0.103 e. The third kappa shape index (κ3) is 8.96. The smallest absolute Gasteiger partial charge is 0.00893 e. The van der Waals surface area contributed by atoms with Crippen molar-refractivity contribution in [1.82, 2.24) is 0 Å². The summed E-state index contributed by atoms with van der Waals surface area (Å²) in [6.07, 6.45) is 14.0. The first-order chi connectivity index (χ1) is 13.4. The van der Waals surface area contributed by atoms with E-state index in [1.54, 1.807) is 0 Å². The SMILES string of the molecule is CCCC#CCCCCCCCCCC(c1ccccc1)c1ccccc1. The van der Waals surface area contributed by atoms with Crippen LogP contribution in [0.5, 0.6) is 0 Å². The van der Waals surface area contributed by atoms with Crippen molar-refractivity contribution in [3.8, 4) is 11.8 Å². The fraction of sp³-hybridized carbons (Fsp3) is 0.481. The van der Waals surface area contributed by atoms with E-state index in [1.807, 2.05) is 0 Å². The molecule has 2 aromatic carbocycles. The summed E-state index contributed by atoms with van der Waals surface area (Å²) in [5.41, 5.74) is 2.90. The van der Waals surface area contributed by atoms with Gasteiger partial charge in [-0.3, -0.25) is 0 Å². The summed E-state index contributed by atoms with van der Waals surface area (Å²) in [5.74, 6) is 7.07. The number of hydrogen-bond donors (Lipinski definition) is 0. The molecule has 2 rings (SSSR count). The maximum atomic E-state index is 3.29. The summed E-state index contributed by atoms with van der Waals surface area (Å²) in [4.78, 5) is 0. The number of benzene rings is 2. The molecule has 0 atom stereocenters. The minimum absolute atomic E-state index is 0.536. The Kier molecular flexibility index (Phi) is 11.1. The fourth-order valence-corrected chi connectivity index (χ4v) is 3.64. The average Bonchev–Trinajstić information content (AvgIpc) is 2.73. The lowest BCUT2D eigenvalue weighted by Crippen LogP contribution is -2.01. The van der Waals surface area contributed by atoms with Gasteiger partial charge in [0, 0.05) is 18.8 Å². The Balaban J connectivity index is 1.63. The van der Waals surface area contributed by atoms with Crippen molar-refractivity contribution in [1.29, 1.82) is 0 Å². The van der Waals surface area contributed by atoms with Gasteiger partial charge in [-0.25, -0.2) is 0 Å². The van der Waals surface area contributed by atoms with E-state index in [2.05, 4.69) is 79.4 Å². The molecular weight excluding hydrogens is 324 g/mol. The normalized spacial score (nSPS) is 10.6. The zero-order chi connectivity index (χ0) is 19.0. The molecular formula is C27H36. The summed E-state index contributed by atoms with van der Waals surface area (Å²) < 4.78 is 0. The lowest BCUT2D eigenvalue weighted by Gasteiger charge is -2.18. The minimum Gasteiger partial charge on any atom is -0.103 e. The Labute approximate surface area is 167 Å². The topological polar surface area (TPSA) is 0 Å². The maximum Gasteiger partial charge on any atom is 0.00893 e. The van der Waals surface area contributed by atoms with Crippen molar-refractivity contribution in [2.45, 2.75) is 83.5 Å². The van der Waals surface area contributed by atoms with Crippen LogP contribution in [-0.4, -0.2) is 0 Å². The molecule has 0 aromatic heterocycles. The van der Waals surface area contributed by atoms with Crippen molar-refractivity contribution in [2.24, 2.45) is 0 Å². The van der Waals surface area contributed by atoms with Gasteiger partial charge >= 0.3 is 0 Å². The third-order valence-electron chi connectivity index (χ3n) is 5.20. The number of rotatable bonds is 12. The molecule has 0 radical (unpaired) electrons. The highest BCUT2D eigenvalue weighted by molar-refractivity contribution is 5.32. The van der Waals surface area contributed by atoms with E-state index in [0.717, 1.165) is 12.8 Å². The van der Waals surface area contributed by atoms with Gasteiger partial charge in [0.25, 0.3) is 0 Å². The molecule has 0 aliphatic carbocycles. The maximum absolute atomic E-state index is 3.29. The monoisotopic (exact) mass is 360 g/mol. The zero-order valence-electron chi connectivity index (χ0n) is 17.1. The van der Waals surface area contributed by atoms with E-state index < -0.39 is 0 Å². The molecule has 0 bridgehead atoms. The highest BCUT2D eigenvalue weighted by Gasteiger charge is 2.13. The number of hydrogen-bond acceptors (Lipinski definition) is 0. The van der Waals surface area contributed by atoms with E-state index >= 15 is 0 Å². The standard InChI is InChI=1S/C27H36/c1-2-3-4-5-6-7-8-9-10-11-12-19-24-27(25-20-15-13-16-21-25)26-22-17-14-18-23-26/h13-18,20-23,27H,2-3,6-12,19,24H2,1H3. The lowest BCUT2D eigenvalue weighted by molar-refractivity contribution is 0.555. The first kappa shape index (κ1) is 21.3. The van der Waals surface area contributed by atoms with E-state index in [4.69, 9.17) is 0 Å². The average molecular weight is 361 g/mol. The first-order valence-electron chi connectivity index (χ1n) is 11.0. The predicted octanol–water partition coefficient (Wildman–Crippen LogP) is 8.13. The van der Waals surface area contributed by atoms with Crippen molar-refractivity contribution in [2.75, 3.05) is 0 Å². The second kappa shape index (κ2) is 14.1. The van der Waals surface area contributed by atoms with Gasteiger partial charge in [0.05, 0.1) is 0 Å². The molecule has 0 unspecified atom stereocenters. The Bertz CT molecular complexity index is 605. The van der Waals surface area contributed by atoms with E-state index in [-0.39, 0.29) is 0 Å². The summed E-state index contributed by atoms with van der Waals surface area (Å²) in [6.45, 7) is 2.19. The van der Waals surface area contributed by atoms with Crippen LogP contribution in [0.1, 0.15) is 94.6 Å². The highest BCUT2D eigenvalue weighted by atomic mass is 14.2. The molecule has 0 heterocycles. The first-order valence-corrected chi connectivity index (χ1v) is 11.0. The van der Waals surface area contributed by atoms with Crippen LogP contribution in [0.3, 0.4) is 0 Å². The van der Waals surface area contributed by atoms with Crippen LogP contribution in [-0.2, 0) is 0 Å². The molecule has 0 aliphatic heterocycles. The van der Waals surface area contributed by atoms with Gasteiger partial charge in [0.1, 0.15) is 0 Å². The van der Waals surface area contributed by atoms with Crippen molar-refractivity contribution in [3.63, 3.8) is 0 Å². The molecule has 0 aliphatic rings. The summed E-state index contributed by atoms with van der Waals surface area (Å²) in [5, 5.41) is 0. The predicted molar refractivity (Wildman–Crippen MR) is 119 cm³/mol. The lowest BCUT2D eigenvalue weighted by atomic mass is 9.87. The van der Waals surface area contributed by atoms with Gasteiger partial charge in [0.2, 0.25) is 0 Å². The third-order valence-corrected chi connectivity index (χ3v) is 5.20. The van der Waals surface area contributed by atoms with Crippen LogP contribution in [0.15, 0.2) is 60.7 Å². The van der Waals surface area contributed by atoms with Crippen molar-refractivity contribution >= 4 is 0 Å². The van der Waals surface area contributed by atoms with Crippen molar-refractivity contribution in [3.05, 3.63) is 71.8 Å². The van der Waals surface area contributed by atoms with E-state index in [0.29, 0.717) is 5.92 Å². The molecule has 0 N–H and O–H groups in total. The van der Waals surface area contributed by atoms with E-state index in [9.17, 15) is 0 Å². The molecule has 0 heteroatoms. The Morgan fingerprint density at radius 3 is 1.63 bits per heavy atom. The van der Waals surface area contributed by atoms with Gasteiger partial charge in [-0.1, -0.05) is 106 Å². The zero-order valence-corrected chi connectivity index (χ0v) is 17.1. The van der Waals surface area contributed by atoms with Gasteiger partial charge in [0.15, 0.2) is 0 Å². The molecule has 144 valence electrons. The van der Waals surface area contributed by atoms with E-state index in [1.165, 1.54) is 68.9 Å². The molecule has 0 fully saturated rings. The summed E-state index contributed by atoms with van der Waals surface area (Å²) >= 11 is 0. The van der Waals surface area contributed by atoms with Crippen molar-refractivity contribution < 1.29 is 0 Å². The second-order valence-corrected chi connectivity index (χ2v) is 7.49. The second-order valence-electron chi connectivity index (χ2n) is 7.49. The van der Waals surface area contributed by atoms with Gasteiger partial charge in [-0.05, 0) is 30.4 Å². The summed E-state index contributed by atoms with van der Waals surface area (Å²) in [6, 6.07) is 22.0. The van der Waals surface area contributed by atoms with Gasteiger partial charge in [-0.15, -0.1) is 11.8 Å². The quantitative estimate of drug-likeness (QED) is 0.265.